The first-order valence-corrected chi connectivity index (χ1v) is 11.8. The number of anilines is 1. The first-order chi connectivity index (χ1) is 17.6. The topological polar surface area (TPSA) is 96.1 Å². The average molecular weight is 513 g/mol. The highest BCUT2D eigenvalue weighted by atomic mass is 19.4. The van der Waals surface area contributed by atoms with Crippen LogP contribution in [0.15, 0.2) is 59.5 Å². The van der Waals surface area contributed by atoms with Crippen LogP contribution < -0.4 is 16.2 Å². The number of fused-ring (bicyclic) bond motifs is 3. The highest BCUT2D eigenvalue weighted by Crippen LogP contribution is 2.35. The zero-order chi connectivity index (χ0) is 26.7. The molecule has 1 amide bonds. The van der Waals surface area contributed by atoms with E-state index in [9.17, 15) is 22.8 Å². The number of ether oxygens (including phenoxy) is 1. The Kier molecular flexibility index (Phi) is 7.49. The number of pyridine rings is 2. The molecule has 0 bridgehead atoms. The third-order valence-electron chi connectivity index (χ3n) is 6.10. The molecule has 0 radical (unpaired) electrons. The number of benzene rings is 2. The van der Waals surface area contributed by atoms with Gasteiger partial charge in [-0.3, -0.25) is 9.59 Å². The number of aromatic nitrogens is 2. The minimum atomic E-state index is -4.48. The number of carbonyl (C=O) groups is 1. The number of halogens is 3. The molecule has 0 unspecified atom stereocenters. The molecule has 194 valence electrons. The molecule has 2 aromatic carbocycles. The molecule has 0 saturated carbocycles. The summed E-state index contributed by atoms with van der Waals surface area (Å²) in [4.78, 5) is 32.0. The molecule has 1 atom stereocenters. The number of amides is 1. The van der Waals surface area contributed by atoms with E-state index >= 15 is 0 Å². The van der Waals surface area contributed by atoms with Crippen molar-refractivity contribution < 1.29 is 22.7 Å². The van der Waals surface area contributed by atoms with Crippen molar-refractivity contribution in [3.63, 3.8) is 0 Å². The number of alkyl halides is 3. The zero-order valence-corrected chi connectivity index (χ0v) is 20.6. The van der Waals surface area contributed by atoms with Gasteiger partial charge in [-0.15, -0.1) is 0 Å². The summed E-state index contributed by atoms with van der Waals surface area (Å²) in [5.74, 6) is -0.916. The molecule has 2 aromatic heterocycles. The lowest BCUT2D eigenvalue weighted by Gasteiger charge is -2.26. The van der Waals surface area contributed by atoms with Gasteiger partial charge in [0.2, 0.25) is 0 Å². The maximum Gasteiger partial charge on any atom is 0.408 e. The van der Waals surface area contributed by atoms with Crippen molar-refractivity contribution in [2.45, 2.75) is 26.1 Å². The minimum absolute atomic E-state index is 0.0544. The summed E-state index contributed by atoms with van der Waals surface area (Å²) in [5.41, 5.74) is 1.88. The van der Waals surface area contributed by atoms with E-state index in [0.717, 1.165) is 11.1 Å². The van der Waals surface area contributed by atoms with Crippen molar-refractivity contribution in [1.82, 2.24) is 15.3 Å². The predicted octanol–water partition coefficient (Wildman–Crippen LogP) is 5.12. The van der Waals surface area contributed by atoms with Crippen molar-refractivity contribution in [1.29, 1.82) is 0 Å². The lowest BCUT2D eigenvalue weighted by molar-refractivity contribution is -0.150. The quantitative estimate of drug-likeness (QED) is 0.225. The molecule has 0 fully saturated rings. The summed E-state index contributed by atoms with van der Waals surface area (Å²) in [7, 11) is 1.55. The smallest absolute Gasteiger partial charge is 0.383 e. The van der Waals surface area contributed by atoms with Gasteiger partial charge in [0.1, 0.15) is 11.9 Å². The van der Waals surface area contributed by atoms with Gasteiger partial charge in [0.05, 0.1) is 17.5 Å². The second-order valence-corrected chi connectivity index (χ2v) is 9.02. The molecule has 0 aliphatic rings. The van der Waals surface area contributed by atoms with E-state index in [1.807, 2.05) is 0 Å². The maximum absolute atomic E-state index is 13.7. The van der Waals surface area contributed by atoms with Gasteiger partial charge in [-0.1, -0.05) is 38.1 Å². The van der Waals surface area contributed by atoms with Crippen molar-refractivity contribution >= 4 is 33.4 Å². The maximum atomic E-state index is 13.7. The Morgan fingerprint density at radius 2 is 1.76 bits per heavy atom. The summed E-state index contributed by atoms with van der Waals surface area (Å²) in [6.07, 6.45) is -3.07. The zero-order valence-electron chi connectivity index (χ0n) is 20.6. The minimum Gasteiger partial charge on any atom is -0.383 e. The molecule has 7 nitrogen and oxygen atoms in total. The van der Waals surface area contributed by atoms with Crippen LogP contribution in [0.5, 0.6) is 0 Å². The van der Waals surface area contributed by atoms with Crippen LogP contribution in [0.2, 0.25) is 0 Å². The van der Waals surface area contributed by atoms with Crippen molar-refractivity contribution in [2.75, 3.05) is 25.6 Å². The molecular formula is C27H27F3N4O3. The molecule has 0 aliphatic heterocycles. The second-order valence-electron chi connectivity index (χ2n) is 9.02. The van der Waals surface area contributed by atoms with E-state index in [1.54, 1.807) is 55.6 Å². The van der Waals surface area contributed by atoms with Crippen LogP contribution in [0.4, 0.5) is 19.0 Å². The Bertz CT molecular complexity index is 1480. The second kappa shape index (κ2) is 10.6. The van der Waals surface area contributed by atoms with E-state index < -0.39 is 23.7 Å². The predicted molar refractivity (Wildman–Crippen MR) is 138 cm³/mol. The lowest BCUT2D eigenvalue weighted by Crippen LogP contribution is -2.40. The van der Waals surface area contributed by atoms with Gasteiger partial charge in [-0.05, 0) is 41.3 Å². The van der Waals surface area contributed by atoms with Crippen molar-refractivity contribution in [3.8, 4) is 11.1 Å². The van der Waals surface area contributed by atoms with Gasteiger partial charge >= 0.3 is 6.18 Å². The molecule has 4 rings (SSSR count). The Hall–Kier alpha value is -3.92. The summed E-state index contributed by atoms with van der Waals surface area (Å²) in [5, 5.41) is 6.48. The molecule has 10 heteroatoms. The van der Waals surface area contributed by atoms with Gasteiger partial charge in [0.15, 0.2) is 0 Å². The fraction of sp³-hybridized carbons (Fsp3) is 0.296. The molecule has 0 aliphatic carbocycles. The number of hydrogen-bond acceptors (Lipinski definition) is 5. The average Bonchev–Trinajstić information content (AvgIpc) is 2.86. The number of rotatable bonds is 8. The number of hydrogen-bond donors (Lipinski definition) is 3. The number of H-pyrrole nitrogens is 1. The van der Waals surface area contributed by atoms with E-state index in [2.05, 4.69) is 20.6 Å². The Morgan fingerprint density at radius 3 is 2.41 bits per heavy atom. The van der Waals surface area contributed by atoms with E-state index in [1.165, 1.54) is 20.0 Å². The van der Waals surface area contributed by atoms with Crippen molar-refractivity contribution in [3.05, 3.63) is 70.6 Å². The summed E-state index contributed by atoms with van der Waals surface area (Å²) in [6, 6.07) is 11.8. The standard InChI is InChI=1S/C27H27F3N4O3/c1-15(2)23(27(28,29)30)34-24-19-9-8-18(14-20(19)22-21(33-24)10-11-31-26(22)36)16-4-6-17(7-5-16)25(35)32-12-13-37-3/h4-11,14-15,23H,12-13H2,1-3H3,(H,31,36)(H,32,35)(H,33,34)/t23-/m1/s1. The highest BCUT2D eigenvalue weighted by Gasteiger charge is 2.42. The Morgan fingerprint density at radius 1 is 1.05 bits per heavy atom. The molecular weight excluding hydrogens is 485 g/mol. The number of nitrogens with one attached hydrogen (secondary N) is 3. The van der Waals surface area contributed by atoms with Gasteiger partial charge in [-0.2, -0.15) is 13.2 Å². The van der Waals surface area contributed by atoms with E-state index in [0.29, 0.717) is 29.5 Å². The molecule has 0 saturated heterocycles. The Labute approximate surface area is 211 Å². The summed E-state index contributed by atoms with van der Waals surface area (Å²) >= 11 is 0. The first kappa shape index (κ1) is 26.2. The van der Waals surface area contributed by atoms with Crippen LogP contribution in [-0.4, -0.2) is 48.4 Å². The number of aromatic amines is 1. The monoisotopic (exact) mass is 512 g/mol. The van der Waals surface area contributed by atoms with Gasteiger partial charge in [-0.25, -0.2) is 4.98 Å². The fourth-order valence-corrected chi connectivity index (χ4v) is 4.21. The lowest BCUT2D eigenvalue weighted by atomic mass is 9.98. The van der Waals surface area contributed by atoms with Crippen LogP contribution in [0.1, 0.15) is 24.2 Å². The highest BCUT2D eigenvalue weighted by molar-refractivity contribution is 6.11. The molecule has 0 spiro atoms. The van der Waals surface area contributed by atoms with Crippen LogP contribution in [0.25, 0.3) is 32.8 Å². The van der Waals surface area contributed by atoms with Crippen LogP contribution in [-0.2, 0) is 4.74 Å². The number of nitrogens with zero attached hydrogens (tertiary/aromatic N) is 1. The normalized spacial score (nSPS) is 12.7. The van der Waals surface area contributed by atoms with E-state index in [-0.39, 0.29) is 22.6 Å². The first-order valence-electron chi connectivity index (χ1n) is 11.8. The molecule has 37 heavy (non-hydrogen) atoms. The van der Waals surface area contributed by atoms with Gasteiger partial charge in [0, 0.05) is 36.2 Å². The van der Waals surface area contributed by atoms with Crippen molar-refractivity contribution in [2.24, 2.45) is 5.92 Å². The number of methoxy groups -OCH3 is 1. The van der Waals surface area contributed by atoms with Gasteiger partial charge < -0.3 is 20.4 Å². The van der Waals surface area contributed by atoms with Gasteiger partial charge in [0.25, 0.3) is 11.5 Å². The van der Waals surface area contributed by atoms with Crippen LogP contribution in [0, 0.1) is 5.92 Å². The van der Waals surface area contributed by atoms with E-state index in [4.69, 9.17) is 4.74 Å². The SMILES string of the molecule is COCCNC(=O)c1ccc(-c2ccc3c(N[C@H](C(C)C)C(F)(F)F)nc4cc[nH]c(=O)c4c3c2)cc1. The summed E-state index contributed by atoms with van der Waals surface area (Å²) < 4.78 is 46.1. The molecule has 4 aromatic rings. The summed E-state index contributed by atoms with van der Waals surface area (Å²) in [6.45, 7) is 3.76. The molecule has 2 heterocycles. The Balaban J connectivity index is 1.79. The molecule has 3 N–H and O–H groups in total. The van der Waals surface area contributed by atoms with Crippen LogP contribution >= 0.6 is 0 Å². The van der Waals surface area contributed by atoms with Crippen LogP contribution in [0.3, 0.4) is 0 Å². The largest absolute Gasteiger partial charge is 0.408 e. The fourth-order valence-electron chi connectivity index (χ4n) is 4.21. The number of carbonyl (C=O) groups excluding carboxylic acids is 1. The third kappa shape index (κ3) is 5.59. The third-order valence-corrected chi connectivity index (χ3v) is 6.10.